The van der Waals surface area contributed by atoms with Gasteiger partial charge in [0.05, 0.1) is 17.2 Å². The highest BCUT2D eigenvalue weighted by molar-refractivity contribution is 5.89. The third-order valence-corrected chi connectivity index (χ3v) is 6.93. The molecule has 1 atom stereocenters. The lowest BCUT2D eigenvalue weighted by molar-refractivity contribution is 0.146. The molecule has 166 valence electrons. The molecular weight excluding hydrogens is 398 g/mol. The van der Waals surface area contributed by atoms with Crippen molar-refractivity contribution < 1.29 is 4.79 Å². The minimum Gasteiger partial charge on any atom is -0.355 e. The van der Waals surface area contributed by atoms with E-state index in [1.54, 1.807) is 0 Å². The number of nitrogens with zero attached hydrogens (tertiary/aromatic N) is 4. The monoisotopic (exact) mass is 429 g/mol. The Kier molecular flexibility index (Phi) is 6.19. The molecule has 1 unspecified atom stereocenters. The van der Waals surface area contributed by atoms with Crippen molar-refractivity contribution in [2.24, 2.45) is 5.92 Å². The molecule has 2 saturated heterocycles. The summed E-state index contributed by atoms with van der Waals surface area (Å²) in [6.07, 6.45) is 8.65. The normalized spacial score (nSPS) is 20.2. The second kappa shape index (κ2) is 9.55. The molecule has 6 heteroatoms. The standard InChI is InChI=1S/C26H31N5O/c32-26(28-21-9-3-1-4-10-21)31-16-8-2-5-13-24(31)20-14-17-30(18-15-20)25-19-27-22-11-6-7-12-23(22)29-25/h1,3-4,6-7,9-12,19-20,24H,2,5,8,13-18H2,(H,28,32). The van der Waals surface area contributed by atoms with Crippen molar-refractivity contribution in [3.63, 3.8) is 0 Å². The molecule has 3 aromatic rings. The molecule has 6 nitrogen and oxygen atoms in total. The van der Waals surface area contributed by atoms with Crippen LogP contribution in [0.1, 0.15) is 38.5 Å². The van der Waals surface area contributed by atoms with E-state index in [1.807, 2.05) is 60.8 Å². The second-order valence-corrected chi connectivity index (χ2v) is 8.95. The molecule has 2 aromatic carbocycles. The van der Waals surface area contributed by atoms with Gasteiger partial charge in [-0.05, 0) is 55.9 Å². The van der Waals surface area contributed by atoms with Crippen LogP contribution in [0.5, 0.6) is 0 Å². The number of likely N-dealkylation sites (tertiary alicyclic amines) is 1. The predicted molar refractivity (Wildman–Crippen MR) is 129 cm³/mol. The molecule has 2 aliphatic heterocycles. The van der Waals surface area contributed by atoms with Crippen LogP contribution in [-0.2, 0) is 0 Å². The number of benzene rings is 2. The van der Waals surface area contributed by atoms with Crippen LogP contribution in [0, 0.1) is 5.92 Å². The van der Waals surface area contributed by atoms with E-state index < -0.39 is 0 Å². The second-order valence-electron chi connectivity index (χ2n) is 8.95. The van der Waals surface area contributed by atoms with Gasteiger partial charge in [0.1, 0.15) is 5.82 Å². The number of hydrogen-bond acceptors (Lipinski definition) is 4. The summed E-state index contributed by atoms with van der Waals surface area (Å²) in [7, 11) is 0. The average Bonchev–Trinajstić information content (AvgIpc) is 3.11. The molecule has 0 saturated carbocycles. The van der Waals surface area contributed by atoms with Gasteiger partial charge in [0.2, 0.25) is 0 Å². The summed E-state index contributed by atoms with van der Waals surface area (Å²) in [5.41, 5.74) is 2.74. The Hall–Kier alpha value is -3.15. The maximum absolute atomic E-state index is 13.2. The maximum atomic E-state index is 13.2. The van der Waals surface area contributed by atoms with E-state index in [1.165, 1.54) is 12.8 Å². The molecule has 3 heterocycles. The number of amides is 2. The lowest BCUT2D eigenvalue weighted by Gasteiger charge is -2.41. The number of aromatic nitrogens is 2. The van der Waals surface area contributed by atoms with Gasteiger partial charge in [-0.2, -0.15) is 0 Å². The highest BCUT2D eigenvalue weighted by Crippen LogP contribution is 2.32. The Morgan fingerprint density at radius 2 is 1.59 bits per heavy atom. The van der Waals surface area contributed by atoms with Gasteiger partial charge >= 0.3 is 6.03 Å². The van der Waals surface area contributed by atoms with Crippen molar-refractivity contribution in [3.05, 3.63) is 60.8 Å². The van der Waals surface area contributed by atoms with Crippen LogP contribution in [0.3, 0.4) is 0 Å². The molecule has 2 amide bonds. The zero-order valence-corrected chi connectivity index (χ0v) is 18.5. The summed E-state index contributed by atoms with van der Waals surface area (Å²) in [6.45, 7) is 2.77. The first-order valence-corrected chi connectivity index (χ1v) is 11.9. The first-order valence-electron chi connectivity index (χ1n) is 11.9. The van der Waals surface area contributed by atoms with E-state index in [9.17, 15) is 4.79 Å². The van der Waals surface area contributed by atoms with Crippen LogP contribution in [0.15, 0.2) is 60.8 Å². The first-order chi connectivity index (χ1) is 15.8. The molecule has 2 aliphatic rings. The van der Waals surface area contributed by atoms with Gasteiger partial charge in [-0.1, -0.05) is 43.2 Å². The average molecular weight is 430 g/mol. The smallest absolute Gasteiger partial charge is 0.322 e. The number of fused-ring (bicyclic) bond motifs is 1. The van der Waals surface area contributed by atoms with Crippen LogP contribution in [0.25, 0.3) is 11.0 Å². The van der Waals surface area contributed by atoms with Crippen LogP contribution in [0.4, 0.5) is 16.3 Å². The summed E-state index contributed by atoms with van der Waals surface area (Å²) >= 11 is 0. The van der Waals surface area contributed by atoms with E-state index in [4.69, 9.17) is 4.98 Å². The third-order valence-electron chi connectivity index (χ3n) is 6.93. The van der Waals surface area contributed by atoms with E-state index in [0.29, 0.717) is 12.0 Å². The van der Waals surface area contributed by atoms with Gasteiger partial charge in [0.15, 0.2) is 0 Å². The summed E-state index contributed by atoms with van der Waals surface area (Å²) < 4.78 is 0. The molecule has 5 rings (SSSR count). The Balaban J connectivity index is 1.26. The minimum atomic E-state index is 0.0472. The fourth-order valence-electron chi connectivity index (χ4n) is 5.21. The van der Waals surface area contributed by atoms with Crippen molar-refractivity contribution in [3.8, 4) is 0 Å². The van der Waals surface area contributed by atoms with Crippen LogP contribution >= 0.6 is 0 Å². The third kappa shape index (κ3) is 4.54. The van der Waals surface area contributed by atoms with Crippen molar-refractivity contribution in [1.29, 1.82) is 0 Å². The zero-order chi connectivity index (χ0) is 21.8. The Morgan fingerprint density at radius 3 is 2.41 bits per heavy atom. The van der Waals surface area contributed by atoms with Crippen LogP contribution in [0.2, 0.25) is 0 Å². The molecule has 0 aliphatic carbocycles. The molecule has 2 fully saturated rings. The molecule has 1 N–H and O–H groups in total. The van der Waals surface area contributed by atoms with Gasteiger partial charge in [0, 0.05) is 31.4 Å². The molecule has 0 spiro atoms. The van der Waals surface area contributed by atoms with Gasteiger partial charge in [-0.3, -0.25) is 4.98 Å². The summed E-state index contributed by atoms with van der Waals surface area (Å²) in [5.74, 6) is 1.49. The fourth-order valence-corrected chi connectivity index (χ4v) is 5.21. The Labute approximate surface area is 189 Å². The summed E-state index contributed by atoms with van der Waals surface area (Å²) in [6, 6.07) is 18.2. The number of rotatable bonds is 3. The minimum absolute atomic E-state index is 0.0472. The van der Waals surface area contributed by atoms with Crippen molar-refractivity contribution in [2.45, 2.75) is 44.6 Å². The number of nitrogens with one attached hydrogen (secondary N) is 1. The zero-order valence-electron chi connectivity index (χ0n) is 18.5. The van der Waals surface area contributed by atoms with Crippen molar-refractivity contribution >= 4 is 28.6 Å². The number of hydrogen-bond donors (Lipinski definition) is 1. The fraction of sp³-hybridized carbons (Fsp3) is 0.423. The summed E-state index contributed by atoms with van der Waals surface area (Å²) in [5, 5.41) is 3.12. The number of piperidine rings is 1. The molecule has 0 radical (unpaired) electrons. The maximum Gasteiger partial charge on any atom is 0.322 e. The number of anilines is 2. The lowest BCUT2D eigenvalue weighted by atomic mass is 9.86. The quantitative estimate of drug-likeness (QED) is 0.612. The molecular formula is C26H31N5O. The van der Waals surface area contributed by atoms with Crippen molar-refractivity contribution in [1.82, 2.24) is 14.9 Å². The van der Waals surface area contributed by atoms with Gasteiger partial charge in [-0.25, -0.2) is 9.78 Å². The Morgan fingerprint density at radius 1 is 0.844 bits per heavy atom. The SMILES string of the molecule is O=C(Nc1ccccc1)N1CCCCCC1C1CCN(c2cnc3ccccc3n2)CC1. The molecule has 1 aromatic heterocycles. The van der Waals surface area contributed by atoms with Crippen molar-refractivity contribution in [2.75, 3.05) is 29.9 Å². The summed E-state index contributed by atoms with van der Waals surface area (Å²) in [4.78, 5) is 27.1. The largest absolute Gasteiger partial charge is 0.355 e. The molecule has 0 bridgehead atoms. The predicted octanol–water partition coefficient (Wildman–Crippen LogP) is 5.32. The topological polar surface area (TPSA) is 61.4 Å². The van der Waals surface area contributed by atoms with Gasteiger partial charge in [0.25, 0.3) is 0 Å². The van der Waals surface area contributed by atoms with E-state index in [2.05, 4.69) is 20.1 Å². The van der Waals surface area contributed by atoms with E-state index in [0.717, 1.165) is 67.9 Å². The Bertz CT molecular complexity index is 1050. The van der Waals surface area contributed by atoms with E-state index >= 15 is 0 Å². The van der Waals surface area contributed by atoms with Crippen LogP contribution < -0.4 is 10.2 Å². The van der Waals surface area contributed by atoms with Crippen LogP contribution in [-0.4, -0.2) is 46.6 Å². The molecule has 32 heavy (non-hydrogen) atoms. The highest BCUT2D eigenvalue weighted by atomic mass is 16.2. The number of carbonyl (C=O) groups is 1. The highest BCUT2D eigenvalue weighted by Gasteiger charge is 2.34. The number of carbonyl (C=O) groups excluding carboxylic acids is 1. The first kappa shape index (κ1) is 20.7. The van der Waals surface area contributed by atoms with E-state index in [-0.39, 0.29) is 6.03 Å². The number of para-hydroxylation sites is 3. The van der Waals surface area contributed by atoms with Gasteiger partial charge < -0.3 is 15.1 Å². The van der Waals surface area contributed by atoms with Gasteiger partial charge in [-0.15, -0.1) is 0 Å². The number of urea groups is 1. The lowest BCUT2D eigenvalue weighted by Crippen LogP contribution is -2.49.